The van der Waals surface area contributed by atoms with Gasteiger partial charge in [0.1, 0.15) is 11.1 Å². The molecular formula is C43H27N3O. The van der Waals surface area contributed by atoms with E-state index in [9.17, 15) is 0 Å². The van der Waals surface area contributed by atoms with E-state index in [1.807, 2.05) is 60.8 Å². The van der Waals surface area contributed by atoms with Gasteiger partial charge in [0, 0.05) is 28.3 Å². The van der Waals surface area contributed by atoms with Crippen LogP contribution in [0, 0.1) is 0 Å². The lowest BCUT2D eigenvalue weighted by molar-refractivity contribution is 0.668. The number of aromatic nitrogens is 3. The summed E-state index contributed by atoms with van der Waals surface area (Å²) in [6, 6.07) is 54.5. The molecule has 4 nitrogen and oxygen atoms in total. The molecule has 0 N–H and O–H groups in total. The Morgan fingerprint density at radius 1 is 0.404 bits per heavy atom. The molecule has 3 aromatic heterocycles. The van der Waals surface area contributed by atoms with E-state index in [0.29, 0.717) is 5.82 Å². The standard InChI is InChI=1S/C43H27N3O/c1-3-12-29(13-4-1)38-27-39(30-14-5-2-6-15-30)46-43(45-38)36-25-31(20-22-35(36)34-18-9-16-28-11-7-8-17-33(28)34)32-21-23-40-37(26-32)42-41(47-40)19-10-24-44-42/h1-27H. The molecule has 9 aromatic rings. The predicted octanol–water partition coefficient (Wildman–Crippen LogP) is 11.3. The van der Waals surface area contributed by atoms with Gasteiger partial charge in [-0.2, -0.15) is 0 Å². The summed E-state index contributed by atoms with van der Waals surface area (Å²) in [6.07, 6.45) is 1.81. The van der Waals surface area contributed by atoms with E-state index in [1.54, 1.807) is 0 Å². The molecular weight excluding hydrogens is 574 g/mol. The largest absolute Gasteiger partial charge is 0.454 e. The van der Waals surface area contributed by atoms with E-state index in [0.717, 1.165) is 72.4 Å². The quantitative estimate of drug-likeness (QED) is 0.197. The maximum atomic E-state index is 6.08. The molecule has 3 heterocycles. The van der Waals surface area contributed by atoms with Gasteiger partial charge in [-0.3, -0.25) is 4.98 Å². The zero-order valence-corrected chi connectivity index (χ0v) is 25.3. The molecule has 0 fully saturated rings. The zero-order valence-electron chi connectivity index (χ0n) is 25.3. The lowest BCUT2D eigenvalue weighted by atomic mass is 9.91. The molecule has 0 aliphatic rings. The highest BCUT2D eigenvalue weighted by molar-refractivity contribution is 6.05. The van der Waals surface area contributed by atoms with E-state index in [1.165, 1.54) is 10.8 Å². The molecule has 0 amide bonds. The van der Waals surface area contributed by atoms with E-state index in [2.05, 4.69) is 108 Å². The average molecular weight is 602 g/mol. The lowest BCUT2D eigenvalue weighted by Crippen LogP contribution is -1.98. The maximum absolute atomic E-state index is 6.08. The summed E-state index contributed by atoms with van der Waals surface area (Å²) in [7, 11) is 0. The number of fused-ring (bicyclic) bond motifs is 4. The summed E-state index contributed by atoms with van der Waals surface area (Å²) >= 11 is 0. The highest BCUT2D eigenvalue weighted by Crippen LogP contribution is 2.40. The van der Waals surface area contributed by atoms with Crippen LogP contribution in [0.15, 0.2) is 168 Å². The number of nitrogens with zero attached hydrogens (tertiary/aromatic N) is 3. The Kier molecular flexibility index (Phi) is 6.43. The van der Waals surface area contributed by atoms with Crippen molar-refractivity contribution in [2.24, 2.45) is 0 Å². The molecule has 0 aliphatic heterocycles. The Balaban J connectivity index is 1.31. The summed E-state index contributed by atoms with van der Waals surface area (Å²) < 4.78 is 6.08. The number of hydrogen-bond acceptors (Lipinski definition) is 4. The van der Waals surface area contributed by atoms with Gasteiger partial charge in [0.15, 0.2) is 11.4 Å². The molecule has 0 saturated carbocycles. The van der Waals surface area contributed by atoms with Gasteiger partial charge >= 0.3 is 0 Å². The van der Waals surface area contributed by atoms with E-state index < -0.39 is 0 Å². The molecule has 6 aromatic carbocycles. The maximum Gasteiger partial charge on any atom is 0.161 e. The molecule has 0 atom stereocenters. The summed E-state index contributed by atoms with van der Waals surface area (Å²) in [5.74, 6) is 0.673. The first-order chi connectivity index (χ1) is 23.3. The SMILES string of the molecule is c1ccc(-c2cc(-c3ccccc3)nc(-c3cc(-c4ccc5oc6cccnc6c5c4)ccc3-c3cccc4ccccc34)n2)cc1. The van der Waals surface area contributed by atoms with Crippen molar-refractivity contribution in [2.45, 2.75) is 0 Å². The third-order valence-corrected chi connectivity index (χ3v) is 8.76. The molecule has 9 rings (SSSR count). The summed E-state index contributed by atoms with van der Waals surface area (Å²) in [4.78, 5) is 15.1. The average Bonchev–Trinajstić information content (AvgIpc) is 3.53. The normalized spacial score (nSPS) is 11.4. The Morgan fingerprint density at radius 3 is 1.87 bits per heavy atom. The van der Waals surface area contributed by atoms with Crippen LogP contribution in [-0.4, -0.2) is 15.0 Å². The monoisotopic (exact) mass is 601 g/mol. The van der Waals surface area contributed by atoms with Crippen LogP contribution in [0.4, 0.5) is 0 Å². The molecule has 220 valence electrons. The number of hydrogen-bond donors (Lipinski definition) is 0. The topological polar surface area (TPSA) is 51.8 Å². The van der Waals surface area contributed by atoms with Crippen LogP contribution in [0.2, 0.25) is 0 Å². The summed E-state index contributed by atoms with van der Waals surface area (Å²) in [6.45, 7) is 0. The van der Waals surface area contributed by atoms with Crippen molar-refractivity contribution >= 4 is 32.8 Å². The fourth-order valence-corrected chi connectivity index (χ4v) is 6.46. The number of rotatable bonds is 5. The van der Waals surface area contributed by atoms with Gasteiger partial charge in [0.25, 0.3) is 0 Å². The molecule has 0 unspecified atom stereocenters. The Hall–Kier alpha value is -6.39. The fourth-order valence-electron chi connectivity index (χ4n) is 6.46. The van der Waals surface area contributed by atoms with Gasteiger partial charge in [-0.1, -0.05) is 121 Å². The first-order valence-corrected chi connectivity index (χ1v) is 15.7. The highest BCUT2D eigenvalue weighted by Gasteiger charge is 2.18. The van der Waals surface area contributed by atoms with Crippen LogP contribution in [0.25, 0.3) is 89.0 Å². The van der Waals surface area contributed by atoms with Gasteiger partial charge in [-0.15, -0.1) is 0 Å². The van der Waals surface area contributed by atoms with Crippen molar-refractivity contribution in [3.05, 3.63) is 164 Å². The van der Waals surface area contributed by atoms with Gasteiger partial charge in [0.05, 0.1) is 11.4 Å². The molecule has 0 aliphatic carbocycles. The fraction of sp³-hybridized carbons (Fsp3) is 0. The highest BCUT2D eigenvalue weighted by atomic mass is 16.3. The van der Waals surface area contributed by atoms with Gasteiger partial charge in [-0.05, 0) is 69.4 Å². The smallest absolute Gasteiger partial charge is 0.161 e. The van der Waals surface area contributed by atoms with E-state index in [4.69, 9.17) is 14.4 Å². The second-order valence-corrected chi connectivity index (χ2v) is 11.6. The molecule has 0 radical (unpaired) electrons. The third-order valence-electron chi connectivity index (χ3n) is 8.76. The number of benzene rings is 6. The first-order valence-electron chi connectivity index (χ1n) is 15.7. The van der Waals surface area contributed by atoms with Gasteiger partial charge in [0.2, 0.25) is 0 Å². The Bertz CT molecular complexity index is 2510. The van der Waals surface area contributed by atoms with Crippen LogP contribution in [0.5, 0.6) is 0 Å². The van der Waals surface area contributed by atoms with Crippen molar-refractivity contribution < 1.29 is 4.42 Å². The van der Waals surface area contributed by atoms with Gasteiger partial charge < -0.3 is 4.42 Å². The Morgan fingerprint density at radius 2 is 1.09 bits per heavy atom. The lowest BCUT2D eigenvalue weighted by Gasteiger charge is -2.16. The van der Waals surface area contributed by atoms with Crippen molar-refractivity contribution in [2.75, 3.05) is 0 Å². The Labute approximate surface area is 271 Å². The van der Waals surface area contributed by atoms with E-state index in [-0.39, 0.29) is 0 Å². The minimum Gasteiger partial charge on any atom is -0.454 e. The molecule has 0 saturated heterocycles. The van der Waals surface area contributed by atoms with Crippen molar-refractivity contribution in [1.29, 1.82) is 0 Å². The second kappa shape index (κ2) is 11.2. The van der Waals surface area contributed by atoms with Crippen molar-refractivity contribution in [3.63, 3.8) is 0 Å². The summed E-state index contributed by atoms with van der Waals surface area (Å²) in [5.41, 5.74) is 11.6. The third kappa shape index (κ3) is 4.84. The van der Waals surface area contributed by atoms with Crippen LogP contribution in [-0.2, 0) is 0 Å². The molecule has 0 bridgehead atoms. The zero-order chi connectivity index (χ0) is 31.2. The van der Waals surface area contributed by atoms with Crippen molar-refractivity contribution in [1.82, 2.24) is 15.0 Å². The number of furan rings is 1. The van der Waals surface area contributed by atoms with Crippen LogP contribution in [0.1, 0.15) is 0 Å². The second-order valence-electron chi connectivity index (χ2n) is 11.6. The van der Waals surface area contributed by atoms with Crippen molar-refractivity contribution in [3.8, 4) is 56.2 Å². The minimum absolute atomic E-state index is 0.673. The van der Waals surface area contributed by atoms with Crippen LogP contribution >= 0.6 is 0 Å². The predicted molar refractivity (Wildman–Crippen MR) is 192 cm³/mol. The molecule has 0 spiro atoms. The molecule has 4 heteroatoms. The van der Waals surface area contributed by atoms with E-state index >= 15 is 0 Å². The number of pyridine rings is 1. The summed E-state index contributed by atoms with van der Waals surface area (Å²) in [5, 5.41) is 3.36. The van der Waals surface area contributed by atoms with Crippen LogP contribution < -0.4 is 0 Å². The van der Waals surface area contributed by atoms with Crippen LogP contribution in [0.3, 0.4) is 0 Å². The molecule has 47 heavy (non-hydrogen) atoms. The first kappa shape index (κ1) is 27.0. The minimum atomic E-state index is 0.673. The van der Waals surface area contributed by atoms with Gasteiger partial charge in [-0.25, -0.2) is 9.97 Å².